The number of thiazole rings is 1. The molecule has 26 nitrogen and oxygen atoms in total. The number of amides is 2. The van der Waals surface area contributed by atoms with Gasteiger partial charge in [-0.05, 0) is 225 Å². The molecule has 29 heteroatoms. The predicted molar refractivity (Wildman–Crippen MR) is 481 cm³/mol. The summed E-state index contributed by atoms with van der Waals surface area (Å²) in [5.41, 5.74) is 17.6. The minimum absolute atomic E-state index is 0.0208. The minimum atomic E-state index is -3.57. The second kappa shape index (κ2) is 38.0. The molecule has 2 aliphatic heterocycles. The van der Waals surface area contributed by atoms with Crippen LogP contribution in [-0.4, -0.2) is 88.3 Å². The van der Waals surface area contributed by atoms with Crippen LogP contribution in [0.2, 0.25) is 0 Å². The molecule has 0 unspecified atom stereocenters. The predicted octanol–water partition coefficient (Wildman–Crippen LogP) is 14.4. The molecule has 0 N–H and O–H groups in total. The molecule has 122 heavy (non-hydrogen) atoms. The van der Waals surface area contributed by atoms with Gasteiger partial charge in [0.05, 0.1) is 49.7 Å². The molecule has 630 valence electrons. The molecule has 2 amide bonds. The highest BCUT2D eigenvalue weighted by Gasteiger charge is 2.38. The maximum Gasteiger partial charge on any atom is 0.419 e. The van der Waals surface area contributed by atoms with Crippen LogP contribution in [0.25, 0.3) is 75.8 Å². The molecule has 0 fully saturated rings. The van der Waals surface area contributed by atoms with E-state index in [4.69, 9.17) is 13.3 Å². The van der Waals surface area contributed by atoms with Crippen molar-refractivity contribution >= 4 is 120 Å². The highest BCUT2D eigenvalue weighted by molar-refractivity contribution is 7.90. The summed E-state index contributed by atoms with van der Waals surface area (Å²) in [5, 5.41) is 4.29. The summed E-state index contributed by atoms with van der Waals surface area (Å²) in [5.74, 6) is -0.501. The normalized spacial score (nSPS) is 12.3. The fraction of sp³-hybridized carbons (Fsp3) is 0.237. The van der Waals surface area contributed by atoms with Crippen LogP contribution in [0.3, 0.4) is 0 Å². The van der Waals surface area contributed by atoms with E-state index >= 15 is 0 Å². The number of aliphatic imine (C=N–C) groups is 1. The number of nitrogens with zero attached hydrogens (tertiary/aromatic N) is 11. The first kappa shape index (κ1) is 90.4. The molecule has 0 spiro atoms. The van der Waals surface area contributed by atoms with E-state index in [1.54, 1.807) is 99.7 Å². The van der Waals surface area contributed by atoms with Gasteiger partial charge in [0.2, 0.25) is 5.91 Å². The number of oxazole rings is 2. The van der Waals surface area contributed by atoms with Gasteiger partial charge in [0.1, 0.15) is 28.7 Å². The monoisotopic (exact) mass is 1690 g/mol. The number of halogens is 1. The Balaban J connectivity index is 0.000000144. The molecule has 9 heterocycles. The fourth-order valence-electron chi connectivity index (χ4n) is 12.9. The lowest BCUT2D eigenvalue weighted by molar-refractivity contribution is -0.116. The molecule has 9 aromatic carbocycles. The number of aryl methyl sites for hydroxylation is 14. The number of benzene rings is 9. The molecule has 7 aromatic heterocycles. The Hall–Kier alpha value is -13.9. The number of aromatic nitrogens is 8. The van der Waals surface area contributed by atoms with E-state index in [1.807, 2.05) is 197 Å². The Bertz CT molecular complexity index is 7390. The number of hydrogen-bond acceptors (Lipinski definition) is 19. The minimum Gasteiger partial charge on any atom is -0.464 e. The van der Waals surface area contributed by atoms with Crippen molar-refractivity contribution < 1.29 is 35.6 Å². The smallest absolute Gasteiger partial charge is 0.419 e. The van der Waals surface area contributed by atoms with Crippen LogP contribution in [0.15, 0.2) is 244 Å². The number of carbonyl (C=O) groups excluding carboxylic acids is 2. The molecule has 0 atom stereocenters. The second-order valence-corrected chi connectivity index (χ2v) is 32.6. The van der Waals surface area contributed by atoms with Crippen LogP contribution >= 0.6 is 11.3 Å². The van der Waals surface area contributed by atoms with Gasteiger partial charge < -0.3 is 22.7 Å². The first-order chi connectivity index (χ1) is 57.6. The van der Waals surface area contributed by atoms with Gasteiger partial charge in [-0.15, -0.1) is 0 Å². The molecule has 0 saturated heterocycles. The summed E-state index contributed by atoms with van der Waals surface area (Å²) in [7, 11) is 7.88. The highest BCUT2D eigenvalue weighted by atomic mass is 32.2. The summed E-state index contributed by atoms with van der Waals surface area (Å²) in [6, 6.07) is 51.4. The number of carbonyl (C=O) groups is 2. The Kier molecular flexibility index (Phi) is 28.1. The quantitative estimate of drug-likeness (QED) is 0.147. The largest absolute Gasteiger partial charge is 0.464 e. The Morgan fingerprint density at radius 3 is 1.68 bits per heavy atom. The molecule has 18 rings (SSSR count). The number of anilines is 1. The van der Waals surface area contributed by atoms with Crippen molar-refractivity contribution in [2.24, 2.45) is 40.2 Å². The van der Waals surface area contributed by atoms with Crippen LogP contribution in [0.1, 0.15) is 91.2 Å². The maximum absolute atomic E-state index is 13.0. The van der Waals surface area contributed by atoms with Crippen molar-refractivity contribution in [2.45, 2.75) is 101 Å². The number of furan rings is 1. The lowest BCUT2D eigenvalue weighted by Crippen LogP contribution is -2.28. The summed E-state index contributed by atoms with van der Waals surface area (Å²) in [4.78, 5) is 129. The number of hydrogen-bond donors (Lipinski definition) is 0. The van der Waals surface area contributed by atoms with Crippen molar-refractivity contribution in [3.8, 4) is 0 Å². The lowest BCUT2D eigenvalue weighted by atomic mass is 10.1. The van der Waals surface area contributed by atoms with Crippen LogP contribution in [0.5, 0.6) is 0 Å². The van der Waals surface area contributed by atoms with Crippen LogP contribution in [-0.2, 0) is 56.6 Å². The second-order valence-electron chi connectivity index (χ2n) is 29.7. The van der Waals surface area contributed by atoms with Gasteiger partial charge in [-0.2, -0.15) is 0 Å². The zero-order valence-corrected chi connectivity index (χ0v) is 73.1. The van der Waals surface area contributed by atoms with Gasteiger partial charge in [-0.3, -0.25) is 61.4 Å². The summed E-state index contributed by atoms with van der Waals surface area (Å²) in [6.45, 7) is 25.6. The third-order valence-corrected chi connectivity index (χ3v) is 23.2. The van der Waals surface area contributed by atoms with Crippen molar-refractivity contribution in [2.75, 3.05) is 25.5 Å². The van der Waals surface area contributed by atoms with Crippen LogP contribution < -0.4 is 49.2 Å². The molecule has 0 bridgehead atoms. The zero-order chi connectivity index (χ0) is 89.4. The van der Waals surface area contributed by atoms with E-state index in [-0.39, 0.29) is 67.4 Å². The third-order valence-electron chi connectivity index (χ3n) is 20.4. The summed E-state index contributed by atoms with van der Waals surface area (Å²) < 4.78 is 61.7. The van der Waals surface area contributed by atoms with Crippen molar-refractivity contribution in [1.29, 1.82) is 0 Å². The average molecular weight is 1690 g/mol. The molecule has 16 aromatic rings. The number of likely N-dealkylation sites (N-methyl/N-ethyl adjacent to an activating group) is 1. The number of sulfonamides is 1. The zero-order valence-electron chi connectivity index (χ0n) is 71.5. The van der Waals surface area contributed by atoms with Gasteiger partial charge >= 0.3 is 22.1 Å². The van der Waals surface area contributed by atoms with E-state index in [1.165, 1.54) is 69.1 Å². The molecule has 0 saturated carbocycles. The topological polar surface area (TPSA) is 318 Å². The van der Waals surface area contributed by atoms with Crippen molar-refractivity contribution in [1.82, 2.24) is 41.7 Å². The number of fused-ring (bicyclic) bond motifs is 9. The van der Waals surface area contributed by atoms with E-state index in [0.29, 0.717) is 50.4 Å². The Labute approximate surface area is 704 Å². The molecule has 2 aliphatic rings. The first-order valence-corrected chi connectivity index (χ1v) is 40.7. The first-order valence-electron chi connectivity index (χ1n) is 38.5. The molecular formula is C93H94FN11O15S2. The van der Waals surface area contributed by atoms with Crippen LogP contribution in [0, 0.1) is 82.0 Å². The SMILES string of the molecule is CC1=NCC(=O)N(C)c2cc(C)ccc21.CCn1c(=O)ccc2ccc(C)cc2c1=O.Cc1cc2c(C)coc2cc1F.Cc1ccc2c(=O)n(C)c(C)nc2c1.Cc1ccc2c(c1)C(=O)N(C)S2(=O)=O.Cc1ccc2c(c1)oc(=O)n2C.Cc1ccc2c(c1)sc(=O)n2C.Cc1ccc2cnc(=O)n(C)c(=O)c2c1.Cc1ccc2oc(=O)n(C)c2c1. The maximum atomic E-state index is 13.0. The number of benzodiazepines with no additional fused rings is 1. The molecule has 0 radical (unpaired) electrons. The van der Waals surface area contributed by atoms with Gasteiger partial charge in [0.15, 0.2) is 11.2 Å². The van der Waals surface area contributed by atoms with E-state index in [9.17, 15) is 60.8 Å². The average Bonchev–Trinajstić information content (AvgIpc) is 1.60. The molecule has 0 aliphatic carbocycles. The van der Waals surface area contributed by atoms with E-state index in [0.717, 1.165) is 114 Å². The highest BCUT2D eigenvalue weighted by Crippen LogP contribution is 2.30. The van der Waals surface area contributed by atoms with Gasteiger partial charge in [0.25, 0.3) is 38.2 Å². The van der Waals surface area contributed by atoms with Gasteiger partial charge in [-0.25, -0.2) is 41.5 Å². The number of rotatable bonds is 1. The van der Waals surface area contributed by atoms with Gasteiger partial charge in [-0.1, -0.05) is 94.8 Å². The van der Waals surface area contributed by atoms with E-state index in [2.05, 4.69) is 15.0 Å². The lowest BCUT2D eigenvalue weighted by Gasteiger charge is -2.17. The summed E-state index contributed by atoms with van der Waals surface area (Å²) in [6.07, 6.45) is 3.07. The Morgan fingerprint density at radius 1 is 0.459 bits per heavy atom. The van der Waals surface area contributed by atoms with Crippen molar-refractivity contribution in [3.05, 3.63) is 343 Å². The molecular weight excluding hydrogens is 1590 g/mol. The van der Waals surface area contributed by atoms with Crippen molar-refractivity contribution in [3.63, 3.8) is 0 Å². The summed E-state index contributed by atoms with van der Waals surface area (Å²) >= 11 is 1.30. The van der Waals surface area contributed by atoms with Crippen LogP contribution in [0.4, 0.5) is 10.1 Å². The van der Waals surface area contributed by atoms with E-state index < -0.39 is 21.6 Å². The fourth-order valence-corrected chi connectivity index (χ4v) is 15.2. The standard InChI is InChI=1S/C13H13NO2.C12H14N2O.C11H10N2O2.C11H12N2O.C10H9FO.C9H9NO3S.2C9H9NO2.C9H9NOS/c1-3-14-12(15)7-6-10-5-4-9(2)8-11(10)13(14)16;1-8-4-5-10-9(2)13-7-12(15)14(3)11(10)6-8;1-7-3-4-8-6-12-11(15)13(2)10(14)9(8)5-7;1-7-4-5-9-10(6-7)12-8(2)13(3)11(9)14;1-6-3-8-7(2)5-12-10(8)4-9(6)11;1-6-3-4-8-7(5-6)9(11)10(2)14(8,12)13;1-6-3-4-8-7(5-6)10(2)9(11)12-8;2*1-6-3-4-7-8(5-6)12-9(11)10(7)2/h4-8H,3H2,1-2H3;4-6H,7H2,1-3H3;3-6H,1-2H3;4-6H,1-3H3;3-5H,1-2H3;3-5H,1-2H3;3*3-5H,1-2H3. The third kappa shape index (κ3) is 20.3. The Morgan fingerprint density at radius 2 is 1.00 bits per heavy atom. The van der Waals surface area contributed by atoms with Gasteiger partial charge in [0, 0.05) is 107 Å².